The van der Waals surface area contributed by atoms with Gasteiger partial charge in [-0.15, -0.1) is 0 Å². The van der Waals surface area contributed by atoms with Crippen molar-refractivity contribution < 1.29 is 9.13 Å². The third kappa shape index (κ3) is 7.93. The SMILES string of the molecule is CCCCCCCCc1ccc(-c2ncc(-c3ccc(OCC(F)C(C)CC)cc3)cn2)cc1. The van der Waals surface area contributed by atoms with Gasteiger partial charge in [0.25, 0.3) is 0 Å². The van der Waals surface area contributed by atoms with E-state index in [0.717, 1.165) is 35.4 Å². The van der Waals surface area contributed by atoms with Gasteiger partial charge >= 0.3 is 0 Å². The topological polar surface area (TPSA) is 35.0 Å². The fourth-order valence-corrected chi connectivity index (χ4v) is 3.90. The van der Waals surface area contributed by atoms with Crippen LogP contribution in [0.4, 0.5) is 4.39 Å². The lowest BCUT2D eigenvalue weighted by Gasteiger charge is -2.15. The molecule has 182 valence electrons. The molecular weight excluding hydrogens is 423 g/mol. The first-order valence-electron chi connectivity index (χ1n) is 12.9. The predicted octanol–water partition coefficient (Wildman–Crippen LogP) is 8.48. The van der Waals surface area contributed by atoms with Gasteiger partial charge in [-0.05, 0) is 42.0 Å². The van der Waals surface area contributed by atoms with Crippen molar-refractivity contribution in [3.63, 3.8) is 0 Å². The van der Waals surface area contributed by atoms with Crippen LogP contribution >= 0.6 is 0 Å². The first kappa shape index (κ1) is 25.9. The number of hydrogen-bond acceptors (Lipinski definition) is 3. The summed E-state index contributed by atoms with van der Waals surface area (Å²) in [6, 6.07) is 16.3. The zero-order valence-electron chi connectivity index (χ0n) is 21.0. The van der Waals surface area contributed by atoms with Crippen molar-refractivity contribution in [2.24, 2.45) is 5.92 Å². The number of benzene rings is 2. The van der Waals surface area contributed by atoms with Crippen molar-refractivity contribution in [1.29, 1.82) is 0 Å². The van der Waals surface area contributed by atoms with Crippen molar-refractivity contribution in [3.8, 4) is 28.3 Å². The maximum atomic E-state index is 14.0. The van der Waals surface area contributed by atoms with Gasteiger partial charge in [0, 0.05) is 23.5 Å². The Labute approximate surface area is 204 Å². The van der Waals surface area contributed by atoms with Crippen LogP contribution in [0, 0.1) is 5.92 Å². The van der Waals surface area contributed by atoms with Crippen molar-refractivity contribution in [2.45, 2.75) is 78.3 Å². The maximum absolute atomic E-state index is 14.0. The molecule has 0 aliphatic heterocycles. The number of hydrogen-bond donors (Lipinski definition) is 0. The van der Waals surface area contributed by atoms with E-state index in [4.69, 9.17) is 4.74 Å². The second-order valence-electron chi connectivity index (χ2n) is 9.25. The van der Waals surface area contributed by atoms with Crippen LogP contribution in [-0.4, -0.2) is 22.7 Å². The standard InChI is InChI=1S/C30H39FN2O/c1-4-6-7-8-9-10-11-24-12-14-26(15-13-24)30-32-20-27(21-33-30)25-16-18-28(19-17-25)34-22-29(31)23(3)5-2/h12-21,23,29H,4-11,22H2,1-3H3. The second-order valence-corrected chi connectivity index (χ2v) is 9.25. The minimum Gasteiger partial charge on any atom is -0.491 e. The second kappa shape index (κ2) is 13.8. The van der Waals surface area contributed by atoms with Gasteiger partial charge in [-0.25, -0.2) is 14.4 Å². The molecule has 1 heterocycles. The summed E-state index contributed by atoms with van der Waals surface area (Å²) < 4.78 is 19.6. The fourth-order valence-electron chi connectivity index (χ4n) is 3.90. The van der Waals surface area contributed by atoms with E-state index in [9.17, 15) is 4.39 Å². The van der Waals surface area contributed by atoms with Gasteiger partial charge in [0.05, 0.1) is 0 Å². The van der Waals surface area contributed by atoms with Crippen LogP contribution in [-0.2, 0) is 6.42 Å². The summed E-state index contributed by atoms with van der Waals surface area (Å²) in [5, 5.41) is 0. The van der Waals surface area contributed by atoms with Crippen LogP contribution in [0.5, 0.6) is 5.75 Å². The minimum atomic E-state index is -0.949. The van der Waals surface area contributed by atoms with Crippen LogP contribution in [0.2, 0.25) is 0 Å². The monoisotopic (exact) mass is 462 g/mol. The average Bonchev–Trinajstić information content (AvgIpc) is 2.89. The van der Waals surface area contributed by atoms with E-state index < -0.39 is 6.17 Å². The van der Waals surface area contributed by atoms with E-state index in [1.54, 1.807) is 0 Å². The Balaban J connectivity index is 1.51. The van der Waals surface area contributed by atoms with E-state index >= 15 is 0 Å². The van der Waals surface area contributed by atoms with Crippen LogP contribution in [0.25, 0.3) is 22.5 Å². The summed E-state index contributed by atoms with van der Waals surface area (Å²) in [4.78, 5) is 9.16. The fraction of sp³-hybridized carbons (Fsp3) is 0.467. The normalized spacial score (nSPS) is 12.9. The van der Waals surface area contributed by atoms with E-state index in [-0.39, 0.29) is 12.5 Å². The Morgan fingerprint density at radius 2 is 1.38 bits per heavy atom. The molecule has 3 rings (SSSR count). The zero-order chi connectivity index (χ0) is 24.2. The summed E-state index contributed by atoms with van der Waals surface area (Å²) in [5.41, 5.74) is 4.36. The molecule has 0 N–H and O–H groups in total. The quantitative estimate of drug-likeness (QED) is 0.225. The molecule has 3 nitrogen and oxygen atoms in total. The van der Waals surface area contributed by atoms with E-state index in [0.29, 0.717) is 5.75 Å². The van der Waals surface area contributed by atoms with Gasteiger partial charge in [-0.3, -0.25) is 0 Å². The summed E-state index contributed by atoms with van der Waals surface area (Å²) in [6.45, 7) is 6.24. The van der Waals surface area contributed by atoms with Gasteiger partial charge in [-0.2, -0.15) is 0 Å². The highest BCUT2D eigenvalue weighted by molar-refractivity contribution is 5.64. The highest BCUT2D eigenvalue weighted by Gasteiger charge is 2.15. The molecule has 0 saturated heterocycles. The summed E-state index contributed by atoms with van der Waals surface area (Å²) in [7, 11) is 0. The molecular formula is C30H39FN2O. The molecule has 0 fully saturated rings. The highest BCUT2D eigenvalue weighted by Crippen LogP contribution is 2.24. The smallest absolute Gasteiger partial charge is 0.159 e. The predicted molar refractivity (Wildman–Crippen MR) is 140 cm³/mol. The highest BCUT2D eigenvalue weighted by atomic mass is 19.1. The molecule has 4 heteroatoms. The van der Waals surface area contributed by atoms with Crippen LogP contribution in [0.1, 0.15) is 71.3 Å². The molecule has 0 aliphatic rings. The average molecular weight is 463 g/mol. The number of aryl methyl sites for hydroxylation is 1. The first-order valence-corrected chi connectivity index (χ1v) is 12.9. The molecule has 0 bridgehead atoms. The number of rotatable bonds is 14. The van der Waals surface area contributed by atoms with Gasteiger partial charge in [0.2, 0.25) is 0 Å². The zero-order valence-corrected chi connectivity index (χ0v) is 21.0. The molecule has 2 aromatic carbocycles. The number of unbranched alkanes of at least 4 members (excludes halogenated alkanes) is 5. The lowest BCUT2D eigenvalue weighted by Crippen LogP contribution is -2.20. The third-order valence-corrected chi connectivity index (χ3v) is 6.54. The van der Waals surface area contributed by atoms with Crippen molar-refractivity contribution in [3.05, 3.63) is 66.5 Å². The molecule has 0 amide bonds. The largest absolute Gasteiger partial charge is 0.491 e. The molecule has 3 aromatic rings. The maximum Gasteiger partial charge on any atom is 0.159 e. The van der Waals surface area contributed by atoms with E-state index in [1.165, 1.54) is 44.1 Å². The summed E-state index contributed by atoms with van der Waals surface area (Å²) >= 11 is 0. The molecule has 34 heavy (non-hydrogen) atoms. The van der Waals surface area contributed by atoms with E-state index in [2.05, 4.69) is 41.2 Å². The number of halogens is 1. The molecule has 1 aromatic heterocycles. The van der Waals surface area contributed by atoms with Gasteiger partial charge in [0.15, 0.2) is 5.82 Å². The van der Waals surface area contributed by atoms with Crippen molar-refractivity contribution in [1.82, 2.24) is 9.97 Å². The van der Waals surface area contributed by atoms with Gasteiger partial charge in [-0.1, -0.05) is 95.7 Å². The Morgan fingerprint density at radius 3 is 2.03 bits per heavy atom. The summed E-state index contributed by atoms with van der Waals surface area (Å²) in [5.74, 6) is 1.41. The molecule has 0 aliphatic carbocycles. The molecule has 2 unspecified atom stereocenters. The number of alkyl halides is 1. The number of ether oxygens (including phenoxy) is 1. The molecule has 0 spiro atoms. The Bertz CT molecular complexity index is 955. The Kier molecular flexibility index (Phi) is 10.5. The Morgan fingerprint density at radius 1 is 0.765 bits per heavy atom. The lowest BCUT2D eigenvalue weighted by molar-refractivity contribution is 0.145. The first-order chi connectivity index (χ1) is 16.6. The van der Waals surface area contributed by atoms with Crippen LogP contribution in [0.3, 0.4) is 0 Å². The minimum absolute atomic E-state index is 0.00598. The number of aromatic nitrogens is 2. The van der Waals surface area contributed by atoms with Crippen molar-refractivity contribution in [2.75, 3.05) is 6.61 Å². The lowest BCUT2D eigenvalue weighted by atomic mass is 10.0. The van der Waals surface area contributed by atoms with Crippen molar-refractivity contribution >= 4 is 0 Å². The van der Waals surface area contributed by atoms with Crippen LogP contribution in [0.15, 0.2) is 60.9 Å². The van der Waals surface area contributed by atoms with Gasteiger partial charge < -0.3 is 4.74 Å². The van der Waals surface area contributed by atoms with Crippen LogP contribution < -0.4 is 4.74 Å². The number of nitrogens with zero attached hydrogens (tertiary/aromatic N) is 2. The molecule has 0 radical (unpaired) electrons. The summed E-state index contributed by atoms with van der Waals surface area (Å²) in [6.07, 6.45) is 12.6. The third-order valence-electron chi connectivity index (χ3n) is 6.54. The van der Waals surface area contributed by atoms with Gasteiger partial charge in [0.1, 0.15) is 18.5 Å². The molecule has 0 saturated carbocycles. The Hall–Kier alpha value is -2.75. The molecule has 2 atom stereocenters. The van der Waals surface area contributed by atoms with E-state index in [1.807, 2.05) is 50.5 Å².